The van der Waals surface area contributed by atoms with Crippen LogP contribution >= 0.6 is 0 Å². The fourth-order valence-electron chi connectivity index (χ4n) is 3.12. The molecule has 1 aliphatic rings. The molecule has 1 N–H and O–H groups in total. The second-order valence-electron chi connectivity index (χ2n) is 7.05. The van der Waals surface area contributed by atoms with E-state index >= 15 is 0 Å². The van der Waals surface area contributed by atoms with Gasteiger partial charge in [0.15, 0.2) is 11.5 Å². The molecule has 5 nitrogen and oxygen atoms in total. The quantitative estimate of drug-likeness (QED) is 0.635. The van der Waals surface area contributed by atoms with Crippen molar-refractivity contribution in [2.24, 2.45) is 0 Å². The first kappa shape index (κ1) is 18.7. The topological polar surface area (TPSA) is 60.5 Å². The van der Waals surface area contributed by atoms with Crippen LogP contribution < -0.4 is 14.8 Å². The molecule has 2 aromatic carbocycles. The summed E-state index contributed by atoms with van der Waals surface area (Å²) in [7, 11) is 0. The van der Waals surface area contributed by atoms with Crippen molar-refractivity contribution in [3.63, 3.8) is 0 Å². The van der Waals surface area contributed by atoms with Crippen LogP contribution in [0.5, 0.6) is 11.5 Å². The molecule has 0 radical (unpaired) electrons. The molecule has 146 valence electrons. The minimum Gasteiger partial charge on any atom is -0.486 e. The summed E-state index contributed by atoms with van der Waals surface area (Å²) in [5, 5.41) is 2.86. The molecular formula is C24H22N2O3. The number of anilines is 1. The zero-order valence-electron chi connectivity index (χ0n) is 16.4. The summed E-state index contributed by atoms with van der Waals surface area (Å²) in [6, 6.07) is 19.5. The number of fused-ring (bicyclic) bond motifs is 1. The summed E-state index contributed by atoms with van der Waals surface area (Å²) in [6.07, 6.45) is 1.58. The molecule has 4 rings (SSSR count). The number of nitrogens with one attached hydrogen (secondary N) is 1. The van der Waals surface area contributed by atoms with E-state index in [2.05, 4.69) is 5.32 Å². The third-order valence-corrected chi connectivity index (χ3v) is 4.46. The lowest BCUT2D eigenvalue weighted by atomic mass is 10.1. The molecule has 0 unspecified atom stereocenters. The van der Waals surface area contributed by atoms with Crippen LogP contribution in [0.25, 0.3) is 22.5 Å². The van der Waals surface area contributed by atoms with Gasteiger partial charge < -0.3 is 14.8 Å². The van der Waals surface area contributed by atoms with Gasteiger partial charge in [0, 0.05) is 22.9 Å². The molecular weight excluding hydrogens is 364 g/mol. The zero-order valence-corrected chi connectivity index (χ0v) is 16.4. The number of hydrogen-bond acceptors (Lipinski definition) is 4. The lowest BCUT2D eigenvalue weighted by molar-refractivity contribution is -0.111. The van der Waals surface area contributed by atoms with Gasteiger partial charge in [-0.1, -0.05) is 23.8 Å². The Kier molecular flexibility index (Phi) is 5.29. The molecule has 3 aromatic rings. The van der Waals surface area contributed by atoms with E-state index in [0.29, 0.717) is 13.2 Å². The summed E-state index contributed by atoms with van der Waals surface area (Å²) in [6.45, 7) is 4.91. The van der Waals surface area contributed by atoms with E-state index in [4.69, 9.17) is 14.5 Å². The smallest absolute Gasteiger partial charge is 0.248 e. The Morgan fingerprint density at radius 2 is 1.55 bits per heavy atom. The maximum absolute atomic E-state index is 11.9. The van der Waals surface area contributed by atoms with Crippen molar-refractivity contribution in [1.82, 2.24) is 4.98 Å². The first-order valence-corrected chi connectivity index (χ1v) is 9.52. The van der Waals surface area contributed by atoms with Crippen LogP contribution in [0.2, 0.25) is 0 Å². The van der Waals surface area contributed by atoms with Gasteiger partial charge in [-0.3, -0.25) is 4.79 Å². The highest BCUT2D eigenvalue weighted by Crippen LogP contribution is 2.34. The van der Waals surface area contributed by atoms with E-state index < -0.39 is 0 Å². The number of carbonyl (C=O) groups is 1. The van der Waals surface area contributed by atoms with Gasteiger partial charge >= 0.3 is 0 Å². The Balaban J connectivity index is 1.56. The van der Waals surface area contributed by atoms with Crippen LogP contribution in [-0.2, 0) is 4.79 Å². The zero-order chi connectivity index (χ0) is 20.2. The summed E-state index contributed by atoms with van der Waals surface area (Å²) in [5.41, 5.74) is 5.38. The van der Waals surface area contributed by atoms with E-state index in [1.807, 2.05) is 74.5 Å². The molecule has 5 heteroatoms. The van der Waals surface area contributed by atoms with E-state index in [-0.39, 0.29) is 5.91 Å². The molecule has 0 atom stereocenters. The van der Waals surface area contributed by atoms with Crippen LogP contribution in [-0.4, -0.2) is 24.1 Å². The fourth-order valence-corrected chi connectivity index (χ4v) is 3.12. The standard InChI is InChI=1S/C24H22N2O3/c1-16(2)14-24(27)25-19-9-6-17(7-10-19)20-4-3-5-21(26-20)18-8-11-22-23(15-18)29-13-12-28-22/h3-11,14-15H,12-13H2,1-2H3,(H,25,27). The summed E-state index contributed by atoms with van der Waals surface area (Å²) < 4.78 is 11.3. The Bertz CT molecular complexity index is 1070. The number of amides is 1. The molecule has 29 heavy (non-hydrogen) atoms. The minimum atomic E-state index is -0.128. The predicted molar refractivity (Wildman–Crippen MR) is 114 cm³/mol. The second-order valence-corrected chi connectivity index (χ2v) is 7.05. The van der Waals surface area contributed by atoms with Gasteiger partial charge in [0.25, 0.3) is 0 Å². The summed E-state index contributed by atoms with van der Waals surface area (Å²) in [5.74, 6) is 1.38. The van der Waals surface area contributed by atoms with Crippen molar-refractivity contribution in [2.45, 2.75) is 13.8 Å². The van der Waals surface area contributed by atoms with Crippen LogP contribution in [0.1, 0.15) is 13.8 Å². The number of carbonyl (C=O) groups excluding carboxylic acids is 1. The van der Waals surface area contributed by atoms with Crippen molar-refractivity contribution in [2.75, 3.05) is 18.5 Å². The molecule has 1 amide bonds. The molecule has 1 aliphatic heterocycles. The molecule has 0 saturated heterocycles. The fraction of sp³-hybridized carbons (Fsp3) is 0.167. The van der Waals surface area contributed by atoms with Crippen LogP contribution in [0.15, 0.2) is 72.3 Å². The lowest BCUT2D eigenvalue weighted by Gasteiger charge is -2.18. The van der Waals surface area contributed by atoms with E-state index in [1.165, 1.54) is 0 Å². The van der Waals surface area contributed by atoms with Gasteiger partial charge in [-0.15, -0.1) is 0 Å². The molecule has 0 aliphatic carbocycles. The maximum atomic E-state index is 11.9. The van der Waals surface area contributed by atoms with Crippen molar-refractivity contribution in [3.8, 4) is 34.0 Å². The van der Waals surface area contributed by atoms with Crippen molar-refractivity contribution >= 4 is 11.6 Å². The highest BCUT2D eigenvalue weighted by atomic mass is 16.6. The molecule has 0 fully saturated rings. The van der Waals surface area contributed by atoms with Crippen molar-refractivity contribution in [1.29, 1.82) is 0 Å². The van der Waals surface area contributed by atoms with Gasteiger partial charge in [0.1, 0.15) is 13.2 Å². The molecule has 0 spiro atoms. The number of aromatic nitrogens is 1. The lowest BCUT2D eigenvalue weighted by Crippen LogP contribution is -2.15. The van der Waals surface area contributed by atoms with Gasteiger partial charge in [0.2, 0.25) is 5.91 Å². The summed E-state index contributed by atoms with van der Waals surface area (Å²) in [4.78, 5) is 16.7. The van der Waals surface area contributed by atoms with Gasteiger partial charge in [-0.05, 0) is 56.3 Å². The highest BCUT2D eigenvalue weighted by molar-refractivity contribution is 5.99. The molecule has 2 heterocycles. The maximum Gasteiger partial charge on any atom is 0.248 e. The van der Waals surface area contributed by atoms with Gasteiger partial charge in [-0.2, -0.15) is 0 Å². The Morgan fingerprint density at radius 3 is 2.28 bits per heavy atom. The SMILES string of the molecule is CC(C)=CC(=O)Nc1ccc(-c2cccc(-c3ccc4c(c3)OCCO4)n2)cc1. The Labute approximate surface area is 170 Å². The number of hydrogen-bond donors (Lipinski definition) is 1. The minimum absolute atomic E-state index is 0.128. The predicted octanol–water partition coefficient (Wildman–Crippen LogP) is 5.09. The third-order valence-electron chi connectivity index (χ3n) is 4.46. The number of allylic oxidation sites excluding steroid dienone is 1. The van der Waals surface area contributed by atoms with E-state index in [0.717, 1.165) is 45.3 Å². The second kappa shape index (κ2) is 8.19. The molecule has 0 saturated carbocycles. The van der Waals surface area contributed by atoms with Crippen molar-refractivity contribution < 1.29 is 14.3 Å². The van der Waals surface area contributed by atoms with E-state index in [9.17, 15) is 4.79 Å². The van der Waals surface area contributed by atoms with Gasteiger partial charge in [-0.25, -0.2) is 4.98 Å². The first-order chi connectivity index (χ1) is 14.1. The third kappa shape index (κ3) is 4.46. The molecule has 1 aromatic heterocycles. The van der Waals surface area contributed by atoms with Gasteiger partial charge in [0.05, 0.1) is 11.4 Å². The average Bonchev–Trinajstić information content (AvgIpc) is 2.73. The number of ether oxygens (including phenoxy) is 2. The number of rotatable bonds is 4. The van der Waals surface area contributed by atoms with Crippen LogP contribution in [0.4, 0.5) is 5.69 Å². The highest BCUT2D eigenvalue weighted by Gasteiger charge is 2.13. The van der Waals surface area contributed by atoms with E-state index in [1.54, 1.807) is 6.08 Å². The average molecular weight is 386 g/mol. The Hall–Kier alpha value is -3.60. The first-order valence-electron chi connectivity index (χ1n) is 9.52. The monoisotopic (exact) mass is 386 g/mol. The largest absolute Gasteiger partial charge is 0.486 e. The normalized spacial score (nSPS) is 12.2. The summed E-state index contributed by atoms with van der Waals surface area (Å²) >= 11 is 0. The number of benzene rings is 2. The van der Waals surface area contributed by atoms with Crippen LogP contribution in [0, 0.1) is 0 Å². The number of pyridine rings is 1. The van der Waals surface area contributed by atoms with Crippen molar-refractivity contribution in [3.05, 3.63) is 72.3 Å². The van der Waals surface area contributed by atoms with Crippen LogP contribution in [0.3, 0.4) is 0 Å². The molecule has 0 bridgehead atoms. The Morgan fingerprint density at radius 1 is 0.897 bits per heavy atom. The number of nitrogens with zero attached hydrogens (tertiary/aromatic N) is 1.